The molecular weight excluding hydrogens is 442 g/mol. The summed E-state index contributed by atoms with van der Waals surface area (Å²) >= 11 is 0. The van der Waals surface area contributed by atoms with Crippen LogP contribution in [0.4, 0.5) is 0 Å². The van der Waals surface area contributed by atoms with Crippen molar-refractivity contribution >= 4 is 16.8 Å². The molecule has 1 aromatic heterocycles. The molecule has 174 valence electrons. The summed E-state index contributed by atoms with van der Waals surface area (Å²) in [5, 5.41) is 10.00. The largest absolute Gasteiger partial charge is 0.492 e. The lowest BCUT2D eigenvalue weighted by atomic mass is 9.97. The van der Waals surface area contributed by atoms with Crippen LogP contribution in [-0.2, 0) is 19.5 Å². The lowest BCUT2D eigenvalue weighted by Crippen LogP contribution is -2.36. The fourth-order valence-electron chi connectivity index (χ4n) is 5.01. The van der Waals surface area contributed by atoms with E-state index < -0.39 is 0 Å². The van der Waals surface area contributed by atoms with E-state index in [-0.39, 0.29) is 12.7 Å². The quantitative estimate of drug-likeness (QED) is 0.444. The molecule has 0 atom stereocenters. The molecule has 0 saturated carbocycles. The molecule has 2 aliphatic rings. The van der Waals surface area contributed by atoms with E-state index in [4.69, 9.17) is 19.5 Å². The van der Waals surface area contributed by atoms with Crippen LogP contribution < -0.4 is 14.2 Å². The Bertz CT molecular complexity index is 1500. The number of hydrogen-bond acceptors (Lipinski definition) is 5. The fourth-order valence-corrected chi connectivity index (χ4v) is 5.01. The number of nitrogens with zero attached hydrogens (tertiary/aromatic N) is 3. The predicted molar refractivity (Wildman–Crippen MR) is 130 cm³/mol. The van der Waals surface area contributed by atoms with Crippen molar-refractivity contribution in [2.75, 3.05) is 20.4 Å². The second-order valence-corrected chi connectivity index (χ2v) is 8.75. The highest BCUT2D eigenvalue weighted by Gasteiger charge is 2.31. The molecule has 6 rings (SSSR count). The first kappa shape index (κ1) is 21.1. The molecule has 35 heavy (non-hydrogen) atoms. The predicted octanol–water partition coefficient (Wildman–Crippen LogP) is 4.50. The number of rotatable bonds is 4. The number of benzene rings is 3. The summed E-state index contributed by atoms with van der Waals surface area (Å²) in [6.07, 6.45) is 2.66. The normalized spacial score (nSPS) is 14.0. The van der Waals surface area contributed by atoms with E-state index in [1.807, 2.05) is 65.7 Å². The number of aromatic nitrogens is 1. The van der Waals surface area contributed by atoms with Gasteiger partial charge in [-0.1, -0.05) is 30.3 Å². The molecule has 4 aromatic rings. The summed E-state index contributed by atoms with van der Waals surface area (Å²) in [5.74, 6) is 1.95. The Labute approximate surface area is 202 Å². The first-order valence-corrected chi connectivity index (χ1v) is 11.5. The Morgan fingerprint density at radius 3 is 2.77 bits per heavy atom. The molecule has 7 heteroatoms. The Balaban J connectivity index is 1.33. The molecule has 0 spiro atoms. The van der Waals surface area contributed by atoms with Gasteiger partial charge in [-0.15, -0.1) is 0 Å². The smallest absolute Gasteiger partial charge is 0.256 e. The zero-order chi connectivity index (χ0) is 23.9. The van der Waals surface area contributed by atoms with E-state index in [1.165, 1.54) is 0 Å². The van der Waals surface area contributed by atoms with Crippen LogP contribution in [0.5, 0.6) is 17.2 Å². The van der Waals surface area contributed by atoms with Crippen molar-refractivity contribution in [2.45, 2.75) is 19.5 Å². The SMILES string of the molecule is COc1c2c(cc3c1OCO3)CCN(C(=O)c1cn(Cc3ccc(C#N)cc3)c3ccccc13)C2. The molecule has 0 bridgehead atoms. The lowest BCUT2D eigenvalue weighted by molar-refractivity contribution is 0.0734. The summed E-state index contributed by atoms with van der Waals surface area (Å²) in [6, 6.07) is 19.7. The second kappa shape index (κ2) is 8.41. The number of nitriles is 1. The number of para-hydroxylation sites is 1. The molecule has 0 saturated heterocycles. The van der Waals surface area contributed by atoms with Crippen LogP contribution in [-0.4, -0.2) is 35.8 Å². The van der Waals surface area contributed by atoms with Gasteiger partial charge in [-0.3, -0.25) is 4.79 Å². The summed E-state index contributed by atoms with van der Waals surface area (Å²) in [6.45, 7) is 1.85. The molecular formula is C28H23N3O4. The van der Waals surface area contributed by atoms with Crippen molar-refractivity contribution < 1.29 is 19.0 Å². The average molecular weight is 466 g/mol. The first-order valence-electron chi connectivity index (χ1n) is 11.5. The minimum atomic E-state index is -0.00912. The zero-order valence-electron chi connectivity index (χ0n) is 19.3. The molecule has 3 aromatic carbocycles. The summed E-state index contributed by atoms with van der Waals surface area (Å²) < 4.78 is 19.0. The summed E-state index contributed by atoms with van der Waals surface area (Å²) in [7, 11) is 1.62. The number of carbonyl (C=O) groups is 1. The lowest BCUT2D eigenvalue weighted by Gasteiger charge is -2.30. The standard InChI is InChI=1S/C28H23N3O4/c1-33-26-22-15-30(11-10-20(22)12-25-27(26)35-17-34-25)28(32)23-16-31(24-5-3-2-4-21(23)24)14-19-8-6-18(13-29)7-9-19/h2-9,12,16H,10-11,14-15,17H2,1H3. The van der Waals surface area contributed by atoms with Crippen molar-refractivity contribution in [3.05, 3.63) is 88.6 Å². The second-order valence-electron chi connectivity index (χ2n) is 8.75. The van der Waals surface area contributed by atoms with Crippen LogP contribution in [0, 0.1) is 11.3 Å². The van der Waals surface area contributed by atoms with E-state index in [2.05, 4.69) is 10.6 Å². The Hall–Kier alpha value is -4.44. The molecule has 1 amide bonds. The monoisotopic (exact) mass is 465 g/mol. The summed E-state index contributed by atoms with van der Waals surface area (Å²) in [5.41, 5.74) is 5.47. The molecule has 2 aliphatic heterocycles. The Morgan fingerprint density at radius 1 is 1.14 bits per heavy atom. The van der Waals surface area contributed by atoms with Gasteiger partial charge in [-0.2, -0.15) is 5.26 Å². The van der Waals surface area contributed by atoms with Gasteiger partial charge in [0.25, 0.3) is 5.91 Å². The maximum atomic E-state index is 13.8. The first-order chi connectivity index (χ1) is 17.2. The number of carbonyl (C=O) groups excluding carboxylic acids is 1. The Kier molecular flexibility index (Phi) is 5.07. The summed E-state index contributed by atoms with van der Waals surface area (Å²) in [4.78, 5) is 15.7. The minimum Gasteiger partial charge on any atom is -0.492 e. The third kappa shape index (κ3) is 3.55. The minimum absolute atomic E-state index is 0.00912. The maximum Gasteiger partial charge on any atom is 0.256 e. The van der Waals surface area contributed by atoms with Crippen molar-refractivity contribution in [1.29, 1.82) is 5.26 Å². The molecule has 7 nitrogen and oxygen atoms in total. The molecule has 0 radical (unpaired) electrons. The molecule has 0 aliphatic carbocycles. The van der Waals surface area contributed by atoms with E-state index in [0.29, 0.717) is 48.0 Å². The van der Waals surface area contributed by atoms with Gasteiger partial charge in [0.1, 0.15) is 0 Å². The molecule has 0 unspecified atom stereocenters. The number of ether oxygens (including phenoxy) is 3. The van der Waals surface area contributed by atoms with Crippen LogP contribution in [0.2, 0.25) is 0 Å². The highest BCUT2D eigenvalue weighted by atomic mass is 16.7. The number of hydrogen-bond donors (Lipinski definition) is 0. The van der Waals surface area contributed by atoms with Crippen molar-refractivity contribution in [3.63, 3.8) is 0 Å². The van der Waals surface area contributed by atoms with Crippen LogP contribution >= 0.6 is 0 Å². The third-order valence-corrected chi connectivity index (χ3v) is 6.76. The number of methoxy groups -OCH3 is 1. The molecule has 0 fully saturated rings. The molecule has 0 N–H and O–H groups in total. The topological polar surface area (TPSA) is 76.7 Å². The van der Waals surface area contributed by atoms with Gasteiger partial charge in [-0.25, -0.2) is 0 Å². The van der Waals surface area contributed by atoms with Crippen LogP contribution in [0.25, 0.3) is 10.9 Å². The van der Waals surface area contributed by atoms with Crippen LogP contribution in [0.1, 0.15) is 32.6 Å². The van der Waals surface area contributed by atoms with Gasteiger partial charge in [0, 0.05) is 35.8 Å². The van der Waals surface area contributed by atoms with E-state index in [0.717, 1.165) is 34.0 Å². The van der Waals surface area contributed by atoms with Gasteiger partial charge in [-0.05, 0) is 41.8 Å². The van der Waals surface area contributed by atoms with Gasteiger partial charge in [0.15, 0.2) is 11.5 Å². The fraction of sp³-hybridized carbons (Fsp3) is 0.214. The van der Waals surface area contributed by atoms with Crippen molar-refractivity contribution in [1.82, 2.24) is 9.47 Å². The van der Waals surface area contributed by atoms with E-state index >= 15 is 0 Å². The third-order valence-electron chi connectivity index (χ3n) is 6.76. The van der Waals surface area contributed by atoms with Crippen LogP contribution in [0.15, 0.2) is 60.8 Å². The van der Waals surface area contributed by atoms with Gasteiger partial charge >= 0.3 is 0 Å². The number of fused-ring (bicyclic) bond motifs is 3. The van der Waals surface area contributed by atoms with Crippen molar-refractivity contribution in [2.24, 2.45) is 0 Å². The molecule has 3 heterocycles. The highest BCUT2D eigenvalue weighted by Crippen LogP contribution is 2.46. The average Bonchev–Trinajstić information content (AvgIpc) is 3.52. The highest BCUT2D eigenvalue weighted by molar-refractivity contribution is 6.07. The van der Waals surface area contributed by atoms with E-state index in [1.54, 1.807) is 7.11 Å². The van der Waals surface area contributed by atoms with E-state index in [9.17, 15) is 4.79 Å². The Morgan fingerprint density at radius 2 is 1.97 bits per heavy atom. The van der Waals surface area contributed by atoms with Gasteiger partial charge < -0.3 is 23.7 Å². The maximum absolute atomic E-state index is 13.8. The van der Waals surface area contributed by atoms with Crippen LogP contribution in [0.3, 0.4) is 0 Å². The van der Waals surface area contributed by atoms with Crippen molar-refractivity contribution in [3.8, 4) is 23.3 Å². The zero-order valence-corrected chi connectivity index (χ0v) is 19.3. The number of amides is 1. The van der Waals surface area contributed by atoms with Gasteiger partial charge in [0.05, 0.1) is 30.9 Å². The van der Waals surface area contributed by atoms with Gasteiger partial charge in [0.2, 0.25) is 12.5 Å².